The van der Waals surface area contributed by atoms with Crippen LogP contribution in [0.15, 0.2) is 0 Å². The van der Waals surface area contributed by atoms with Crippen LogP contribution in [0.25, 0.3) is 0 Å². The zero-order valence-corrected chi connectivity index (χ0v) is 12.8. The molecule has 18 heavy (non-hydrogen) atoms. The summed E-state index contributed by atoms with van der Waals surface area (Å²) in [7, 11) is 2.13. The number of ether oxygens (including phenoxy) is 1. The first-order valence-corrected chi connectivity index (χ1v) is 7.04. The Morgan fingerprint density at radius 1 is 1.33 bits per heavy atom. The lowest BCUT2D eigenvalue weighted by molar-refractivity contribution is 0.0689. The zero-order chi connectivity index (χ0) is 14.0. The molecule has 4 heteroatoms. The van der Waals surface area contributed by atoms with Crippen LogP contribution in [0.5, 0.6) is 0 Å². The zero-order valence-electron chi connectivity index (χ0n) is 12.8. The summed E-state index contributed by atoms with van der Waals surface area (Å²) in [6.07, 6.45) is 1.16. The molecule has 0 rings (SSSR count). The van der Waals surface area contributed by atoms with Crippen molar-refractivity contribution in [2.24, 2.45) is 5.41 Å². The van der Waals surface area contributed by atoms with Crippen LogP contribution >= 0.6 is 0 Å². The summed E-state index contributed by atoms with van der Waals surface area (Å²) in [6.45, 7) is 13.2. The van der Waals surface area contributed by atoms with Gasteiger partial charge in [-0.25, -0.2) is 0 Å². The van der Waals surface area contributed by atoms with Crippen LogP contribution in [-0.2, 0) is 4.74 Å². The van der Waals surface area contributed by atoms with Gasteiger partial charge in [0, 0.05) is 25.7 Å². The van der Waals surface area contributed by atoms with Crippen molar-refractivity contribution in [3.05, 3.63) is 0 Å². The Morgan fingerprint density at radius 3 is 2.50 bits per heavy atom. The third kappa shape index (κ3) is 8.86. The van der Waals surface area contributed by atoms with Crippen LogP contribution in [0.2, 0.25) is 0 Å². The monoisotopic (exact) mass is 260 g/mol. The number of aliphatic hydroxyl groups excluding tert-OH is 1. The van der Waals surface area contributed by atoms with E-state index in [0.717, 1.165) is 26.1 Å². The molecular weight excluding hydrogens is 228 g/mol. The summed E-state index contributed by atoms with van der Waals surface area (Å²) in [4.78, 5) is 2.31. The fourth-order valence-electron chi connectivity index (χ4n) is 1.86. The maximum absolute atomic E-state index is 8.63. The molecule has 0 amide bonds. The Balaban J connectivity index is 3.93. The minimum Gasteiger partial charge on any atom is -0.394 e. The largest absolute Gasteiger partial charge is 0.394 e. The van der Waals surface area contributed by atoms with E-state index in [9.17, 15) is 0 Å². The smallest absolute Gasteiger partial charge is 0.0698 e. The van der Waals surface area contributed by atoms with Crippen LogP contribution in [0.3, 0.4) is 0 Å². The molecule has 0 saturated carbocycles. The second kappa shape index (κ2) is 9.73. The Bertz CT molecular complexity index is 200. The Hall–Kier alpha value is -0.160. The van der Waals surface area contributed by atoms with E-state index in [1.54, 1.807) is 0 Å². The molecule has 0 aliphatic carbocycles. The molecule has 0 aliphatic rings. The molecule has 110 valence electrons. The van der Waals surface area contributed by atoms with Gasteiger partial charge in [0.2, 0.25) is 0 Å². The van der Waals surface area contributed by atoms with E-state index >= 15 is 0 Å². The van der Waals surface area contributed by atoms with Gasteiger partial charge in [0.15, 0.2) is 0 Å². The lowest BCUT2D eigenvalue weighted by Gasteiger charge is -2.34. The average molecular weight is 260 g/mol. The van der Waals surface area contributed by atoms with Crippen LogP contribution in [0.4, 0.5) is 0 Å². The normalized spacial score (nSPS) is 15.3. The van der Waals surface area contributed by atoms with Crippen molar-refractivity contribution in [3.63, 3.8) is 0 Å². The van der Waals surface area contributed by atoms with Gasteiger partial charge in [-0.2, -0.15) is 0 Å². The maximum atomic E-state index is 8.63. The molecule has 0 aliphatic heterocycles. The van der Waals surface area contributed by atoms with E-state index in [1.165, 1.54) is 0 Å². The summed E-state index contributed by atoms with van der Waals surface area (Å²) >= 11 is 0. The minimum absolute atomic E-state index is 0.106. The molecule has 0 heterocycles. The van der Waals surface area contributed by atoms with Gasteiger partial charge < -0.3 is 20.1 Å². The summed E-state index contributed by atoms with van der Waals surface area (Å²) in [5.41, 5.74) is 0.302. The molecule has 0 aromatic carbocycles. The van der Waals surface area contributed by atoms with E-state index in [0.29, 0.717) is 24.7 Å². The van der Waals surface area contributed by atoms with Crippen LogP contribution in [0.1, 0.15) is 34.1 Å². The summed E-state index contributed by atoms with van der Waals surface area (Å²) < 4.78 is 5.29. The third-order valence-electron chi connectivity index (χ3n) is 3.30. The molecule has 0 saturated heterocycles. The molecular formula is C14H32N2O2. The van der Waals surface area contributed by atoms with Crippen molar-refractivity contribution in [2.75, 3.05) is 46.5 Å². The fourth-order valence-corrected chi connectivity index (χ4v) is 1.86. The van der Waals surface area contributed by atoms with Crippen molar-refractivity contribution < 1.29 is 9.84 Å². The van der Waals surface area contributed by atoms with Crippen molar-refractivity contribution >= 4 is 0 Å². The average Bonchev–Trinajstić information content (AvgIpc) is 2.32. The fraction of sp³-hybridized carbons (Fsp3) is 1.00. The van der Waals surface area contributed by atoms with Crippen molar-refractivity contribution in [2.45, 2.75) is 40.2 Å². The van der Waals surface area contributed by atoms with Gasteiger partial charge in [-0.1, -0.05) is 27.7 Å². The highest BCUT2D eigenvalue weighted by Crippen LogP contribution is 2.21. The predicted molar refractivity (Wildman–Crippen MR) is 76.9 cm³/mol. The van der Waals surface area contributed by atoms with Crippen LogP contribution in [0, 0.1) is 5.41 Å². The number of hydrogen-bond donors (Lipinski definition) is 2. The topological polar surface area (TPSA) is 44.7 Å². The molecule has 0 aromatic rings. The van der Waals surface area contributed by atoms with E-state index in [4.69, 9.17) is 9.84 Å². The number of likely N-dealkylation sites (N-methyl/N-ethyl adjacent to an activating group) is 1. The Labute approximate surface area is 113 Å². The van der Waals surface area contributed by atoms with Gasteiger partial charge in [-0.05, 0) is 18.9 Å². The highest BCUT2D eigenvalue weighted by Gasteiger charge is 2.23. The molecule has 2 N–H and O–H groups in total. The molecule has 0 spiro atoms. The highest BCUT2D eigenvalue weighted by atomic mass is 16.5. The molecule has 0 fully saturated rings. The first-order valence-electron chi connectivity index (χ1n) is 7.04. The quantitative estimate of drug-likeness (QED) is 0.550. The van der Waals surface area contributed by atoms with Gasteiger partial charge in [0.25, 0.3) is 0 Å². The van der Waals surface area contributed by atoms with E-state index in [2.05, 4.69) is 45.0 Å². The van der Waals surface area contributed by atoms with Gasteiger partial charge >= 0.3 is 0 Å². The number of rotatable bonds is 11. The maximum Gasteiger partial charge on any atom is 0.0698 e. The Morgan fingerprint density at radius 2 is 2.00 bits per heavy atom. The van der Waals surface area contributed by atoms with Crippen molar-refractivity contribution in [1.29, 1.82) is 0 Å². The van der Waals surface area contributed by atoms with Crippen LogP contribution in [-0.4, -0.2) is 62.6 Å². The third-order valence-corrected chi connectivity index (χ3v) is 3.30. The molecule has 0 aromatic heterocycles. The van der Waals surface area contributed by atoms with Crippen molar-refractivity contribution in [1.82, 2.24) is 10.2 Å². The second-order valence-corrected chi connectivity index (χ2v) is 5.77. The lowest BCUT2D eigenvalue weighted by Crippen LogP contribution is -2.43. The summed E-state index contributed by atoms with van der Waals surface area (Å²) in [5.74, 6) is 0. The van der Waals surface area contributed by atoms with Gasteiger partial charge in [0.05, 0.1) is 19.8 Å². The van der Waals surface area contributed by atoms with Gasteiger partial charge in [-0.3, -0.25) is 0 Å². The number of nitrogens with one attached hydrogen (secondary N) is 1. The number of nitrogens with zero attached hydrogens (tertiary/aromatic N) is 1. The molecule has 1 atom stereocenters. The predicted octanol–water partition coefficient (Wildman–Crippen LogP) is 1.34. The highest BCUT2D eigenvalue weighted by molar-refractivity contribution is 4.79. The first-order chi connectivity index (χ1) is 8.43. The van der Waals surface area contributed by atoms with Crippen LogP contribution < -0.4 is 5.32 Å². The standard InChI is InChI=1S/C14H32N2O2/c1-6-14(4,11-15-13(2)3)12-16(5)7-9-18-10-8-17/h13,15,17H,6-12H2,1-5H3. The van der Waals surface area contributed by atoms with Gasteiger partial charge in [-0.15, -0.1) is 0 Å². The first kappa shape index (κ1) is 17.8. The van der Waals surface area contributed by atoms with Crippen molar-refractivity contribution in [3.8, 4) is 0 Å². The molecule has 1 unspecified atom stereocenters. The minimum atomic E-state index is 0.106. The van der Waals surface area contributed by atoms with E-state index in [-0.39, 0.29) is 6.61 Å². The molecule has 0 bridgehead atoms. The summed E-state index contributed by atoms with van der Waals surface area (Å²) in [6, 6.07) is 0.536. The second-order valence-electron chi connectivity index (χ2n) is 5.77. The number of aliphatic hydroxyl groups is 1. The van der Waals surface area contributed by atoms with E-state index in [1.807, 2.05) is 0 Å². The molecule has 4 nitrogen and oxygen atoms in total. The Kier molecular flexibility index (Phi) is 9.64. The molecule has 0 radical (unpaired) electrons. The summed E-state index contributed by atoms with van der Waals surface area (Å²) in [5, 5.41) is 12.2. The lowest BCUT2D eigenvalue weighted by atomic mass is 9.86. The van der Waals surface area contributed by atoms with E-state index < -0.39 is 0 Å². The van der Waals surface area contributed by atoms with Gasteiger partial charge in [0.1, 0.15) is 0 Å². The number of hydrogen-bond acceptors (Lipinski definition) is 4. The SMILES string of the molecule is CCC(C)(CNC(C)C)CN(C)CCOCCO.